The topological polar surface area (TPSA) is 76.0 Å². The zero-order valence-electron chi connectivity index (χ0n) is 15.9. The van der Waals surface area contributed by atoms with E-state index in [9.17, 15) is 13.2 Å². The number of carbonyl (C=O) groups is 1. The number of carbonyl (C=O) groups excluding carboxylic acids is 1. The van der Waals surface area contributed by atoms with Crippen molar-refractivity contribution >= 4 is 61.6 Å². The van der Waals surface area contributed by atoms with Crippen LogP contribution in [-0.2, 0) is 14.6 Å². The lowest BCUT2D eigenvalue weighted by Gasteiger charge is -2.26. The Balaban J connectivity index is 1.80. The lowest BCUT2D eigenvalue weighted by atomic mass is 10.2. The van der Waals surface area contributed by atoms with Crippen molar-refractivity contribution in [2.24, 2.45) is 4.99 Å². The van der Waals surface area contributed by atoms with Gasteiger partial charge in [-0.15, -0.1) is 11.6 Å². The molecule has 30 heavy (non-hydrogen) atoms. The summed E-state index contributed by atoms with van der Waals surface area (Å²) in [5, 5.41) is 0.628. The van der Waals surface area contributed by atoms with Gasteiger partial charge in [-0.05, 0) is 42.8 Å². The number of aryl methyl sites for hydroxylation is 1. The Bertz CT molecular complexity index is 1140. The molecule has 0 spiro atoms. The van der Waals surface area contributed by atoms with Crippen molar-refractivity contribution in [3.8, 4) is 11.5 Å². The predicted octanol–water partition coefficient (Wildman–Crippen LogP) is 4.28. The molecule has 6 nitrogen and oxygen atoms in total. The third-order valence-corrected chi connectivity index (χ3v) is 8.47. The summed E-state index contributed by atoms with van der Waals surface area (Å²) >= 11 is 13.2. The molecule has 0 aromatic heterocycles. The minimum atomic E-state index is -3.19. The summed E-state index contributed by atoms with van der Waals surface area (Å²) < 4.78 is 30.6. The van der Waals surface area contributed by atoms with Crippen LogP contribution in [0.4, 0.5) is 5.69 Å². The molecule has 158 valence electrons. The van der Waals surface area contributed by atoms with Crippen molar-refractivity contribution in [2.75, 3.05) is 22.3 Å². The quantitative estimate of drug-likeness (QED) is 0.602. The summed E-state index contributed by atoms with van der Waals surface area (Å²) in [7, 11) is -3.19. The summed E-state index contributed by atoms with van der Waals surface area (Å²) in [5.41, 5.74) is 1.60. The number of fused-ring (bicyclic) bond motifs is 1. The van der Waals surface area contributed by atoms with Crippen molar-refractivity contribution in [3.63, 3.8) is 0 Å². The minimum Gasteiger partial charge on any atom is -0.455 e. The molecule has 0 aliphatic carbocycles. The van der Waals surface area contributed by atoms with Crippen molar-refractivity contribution in [2.45, 2.75) is 18.2 Å². The van der Waals surface area contributed by atoms with Gasteiger partial charge in [0.25, 0.3) is 5.91 Å². The maximum absolute atomic E-state index is 12.3. The smallest absolute Gasteiger partial charge is 0.262 e. The second-order valence-electron chi connectivity index (χ2n) is 7.12. The number of nitrogens with zero attached hydrogens (tertiary/aromatic N) is 2. The molecule has 2 heterocycles. The van der Waals surface area contributed by atoms with Crippen LogP contribution in [0.1, 0.15) is 5.56 Å². The molecule has 0 N–H and O–H groups in total. The van der Waals surface area contributed by atoms with Crippen molar-refractivity contribution < 1.29 is 17.9 Å². The summed E-state index contributed by atoms with van der Waals surface area (Å²) in [6.45, 7) is 1.96. The van der Waals surface area contributed by atoms with E-state index in [4.69, 9.17) is 27.9 Å². The standard InChI is InChI=1S/C20H18Cl2N2O4S2/c1-12-3-2-4-14(7-12)28-17-6-5-13(22)8-15(17)24-16-10-30(26,27)11-18(16)29-20(24)23-19(25)9-21/h2-8,16,18H,9-11H2,1H3/t16-,18-/m1/s1. The van der Waals surface area contributed by atoms with E-state index in [0.717, 1.165) is 5.56 Å². The minimum absolute atomic E-state index is 0.0293. The molecule has 2 atom stereocenters. The van der Waals surface area contributed by atoms with Crippen LogP contribution in [0.25, 0.3) is 0 Å². The number of halogens is 2. The normalized spacial score (nSPS) is 23.6. The molecule has 1 amide bonds. The number of hydrogen-bond acceptors (Lipinski definition) is 5. The summed E-state index contributed by atoms with van der Waals surface area (Å²) in [6.07, 6.45) is 0. The molecule has 10 heteroatoms. The zero-order chi connectivity index (χ0) is 21.5. The lowest BCUT2D eigenvalue weighted by molar-refractivity contribution is -0.115. The molecule has 0 radical (unpaired) electrons. The van der Waals surface area contributed by atoms with Gasteiger partial charge < -0.3 is 9.64 Å². The maximum Gasteiger partial charge on any atom is 0.262 e. The highest BCUT2D eigenvalue weighted by molar-refractivity contribution is 8.16. The third kappa shape index (κ3) is 4.46. The molecule has 2 aliphatic rings. The van der Waals surface area contributed by atoms with Gasteiger partial charge in [0.2, 0.25) is 0 Å². The van der Waals surface area contributed by atoms with Crippen LogP contribution in [0, 0.1) is 6.92 Å². The monoisotopic (exact) mass is 484 g/mol. The number of rotatable bonds is 4. The van der Waals surface area contributed by atoms with Crippen LogP contribution in [0.5, 0.6) is 11.5 Å². The van der Waals surface area contributed by atoms with Gasteiger partial charge in [-0.2, -0.15) is 4.99 Å². The van der Waals surface area contributed by atoms with E-state index in [1.165, 1.54) is 11.8 Å². The highest BCUT2D eigenvalue weighted by Gasteiger charge is 2.50. The fourth-order valence-electron chi connectivity index (χ4n) is 3.55. The average molecular weight is 485 g/mol. The van der Waals surface area contributed by atoms with Crippen LogP contribution >= 0.6 is 35.0 Å². The Morgan fingerprint density at radius 3 is 2.80 bits per heavy atom. The zero-order valence-corrected chi connectivity index (χ0v) is 19.1. The number of amidine groups is 1. The molecule has 2 aromatic rings. The van der Waals surface area contributed by atoms with Gasteiger partial charge in [0, 0.05) is 10.3 Å². The number of thioether (sulfide) groups is 1. The van der Waals surface area contributed by atoms with Gasteiger partial charge in [0.05, 0.1) is 23.2 Å². The lowest BCUT2D eigenvalue weighted by Crippen LogP contribution is -2.38. The Kier molecular flexibility index (Phi) is 6.03. The maximum atomic E-state index is 12.3. The first kappa shape index (κ1) is 21.5. The summed E-state index contributed by atoms with van der Waals surface area (Å²) in [5.74, 6) is 0.373. The number of anilines is 1. The van der Waals surface area contributed by atoms with Crippen LogP contribution in [0.2, 0.25) is 5.02 Å². The highest BCUT2D eigenvalue weighted by Crippen LogP contribution is 2.45. The molecule has 2 saturated heterocycles. The number of ether oxygens (including phenoxy) is 1. The van der Waals surface area contributed by atoms with E-state index < -0.39 is 15.7 Å². The van der Waals surface area contributed by atoms with Crippen LogP contribution in [0.15, 0.2) is 47.5 Å². The average Bonchev–Trinajstić information content (AvgIpc) is 3.14. The fraction of sp³-hybridized carbons (Fsp3) is 0.300. The van der Waals surface area contributed by atoms with Gasteiger partial charge in [-0.3, -0.25) is 4.79 Å². The van der Waals surface area contributed by atoms with Crippen molar-refractivity contribution in [1.82, 2.24) is 0 Å². The molecular weight excluding hydrogens is 467 g/mol. The van der Waals surface area contributed by atoms with Gasteiger partial charge >= 0.3 is 0 Å². The van der Waals surface area contributed by atoms with E-state index in [1.807, 2.05) is 31.2 Å². The number of alkyl halides is 1. The van der Waals surface area contributed by atoms with Crippen molar-refractivity contribution in [1.29, 1.82) is 0 Å². The van der Waals surface area contributed by atoms with Gasteiger partial charge in [-0.1, -0.05) is 35.5 Å². The Morgan fingerprint density at radius 1 is 1.27 bits per heavy atom. The molecule has 2 aromatic carbocycles. The number of amides is 1. The molecule has 2 fully saturated rings. The first-order valence-corrected chi connectivity index (χ1v) is 12.7. The number of aliphatic imine (C=N–C) groups is 1. The Hall–Kier alpha value is -1.74. The third-order valence-electron chi connectivity index (χ3n) is 4.80. The van der Waals surface area contributed by atoms with E-state index in [1.54, 1.807) is 23.1 Å². The fourth-order valence-corrected chi connectivity index (χ4v) is 7.70. The molecule has 0 unspecified atom stereocenters. The van der Waals surface area contributed by atoms with E-state index in [0.29, 0.717) is 27.4 Å². The van der Waals surface area contributed by atoms with E-state index in [2.05, 4.69) is 4.99 Å². The molecule has 0 saturated carbocycles. The first-order valence-electron chi connectivity index (χ1n) is 9.13. The molecule has 0 bridgehead atoms. The SMILES string of the molecule is Cc1cccc(Oc2ccc(Cl)cc2N2C(=NC(=O)CCl)S[C@@H]3CS(=O)(=O)C[C@H]32)c1. The van der Waals surface area contributed by atoms with E-state index >= 15 is 0 Å². The summed E-state index contributed by atoms with van der Waals surface area (Å²) in [4.78, 5) is 17.8. The number of hydrogen-bond donors (Lipinski definition) is 0. The van der Waals surface area contributed by atoms with Crippen LogP contribution in [-0.4, -0.2) is 48.2 Å². The number of sulfone groups is 1. The van der Waals surface area contributed by atoms with Crippen LogP contribution < -0.4 is 9.64 Å². The highest BCUT2D eigenvalue weighted by atomic mass is 35.5. The van der Waals surface area contributed by atoms with Crippen LogP contribution in [0.3, 0.4) is 0 Å². The number of benzene rings is 2. The predicted molar refractivity (Wildman–Crippen MR) is 122 cm³/mol. The van der Waals surface area contributed by atoms with Gasteiger partial charge in [0.15, 0.2) is 20.8 Å². The largest absolute Gasteiger partial charge is 0.455 e. The Morgan fingerprint density at radius 2 is 2.07 bits per heavy atom. The molecule has 4 rings (SSSR count). The molecule has 2 aliphatic heterocycles. The second kappa shape index (κ2) is 8.42. The van der Waals surface area contributed by atoms with Gasteiger partial charge in [-0.25, -0.2) is 8.42 Å². The van der Waals surface area contributed by atoms with Crippen molar-refractivity contribution in [3.05, 3.63) is 53.1 Å². The van der Waals surface area contributed by atoms with E-state index in [-0.39, 0.29) is 28.7 Å². The van der Waals surface area contributed by atoms with Gasteiger partial charge in [0.1, 0.15) is 11.6 Å². The summed E-state index contributed by atoms with van der Waals surface area (Å²) in [6, 6.07) is 12.3. The molecular formula is C20H18Cl2N2O4S2. The Labute approximate surface area is 189 Å². The second-order valence-corrected chi connectivity index (χ2v) is 11.2. The first-order chi connectivity index (χ1) is 14.3.